The van der Waals surface area contributed by atoms with Gasteiger partial charge in [0.05, 0.1) is 33.0 Å². The van der Waals surface area contributed by atoms with E-state index < -0.39 is 18.5 Å². The van der Waals surface area contributed by atoms with Crippen molar-refractivity contribution in [2.75, 3.05) is 11.9 Å². The van der Waals surface area contributed by atoms with Crippen molar-refractivity contribution in [3.05, 3.63) is 70.5 Å². The lowest BCUT2D eigenvalue weighted by Gasteiger charge is -2.06. The van der Waals surface area contributed by atoms with Gasteiger partial charge < -0.3 is 10.1 Å². The smallest absolute Gasteiger partial charge is 0.331 e. The Morgan fingerprint density at radius 1 is 1.07 bits per heavy atom. The first-order valence-corrected chi connectivity index (χ1v) is 8.58. The van der Waals surface area contributed by atoms with Crippen molar-refractivity contribution in [1.82, 2.24) is 9.97 Å². The van der Waals surface area contributed by atoms with Crippen molar-refractivity contribution < 1.29 is 14.3 Å². The number of carbonyl (C=O) groups is 2. The molecule has 3 aromatic rings. The van der Waals surface area contributed by atoms with Crippen LogP contribution in [0.1, 0.15) is 5.69 Å². The van der Waals surface area contributed by atoms with Crippen LogP contribution >= 0.6 is 23.2 Å². The number of hydrogen-bond acceptors (Lipinski definition) is 5. The number of nitrogens with zero attached hydrogens (tertiary/aromatic N) is 2. The van der Waals surface area contributed by atoms with Crippen LogP contribution in [0.5, 0.6) is 0 Å². The van der Waals surface area contributed by atoms with Gasteiger partial charge in [0.25, 0.3) is 5.91 Å². The number of ether oxygens (including phenoxy) is 1. The second kappa shape index (κ2) is 8.62. The van der Waals surface area contributed by atoms with E-state index in [1.54, 1.807) is 18.3 Å². The Hall–Kier alpha value is -2.96. The van der Waals surface area contributed by atoms with Gasteiger partial charge in [0.2, 0.25) is 0 Å². The Balaban J connectivity index is 1.52. The minimum absolute atomic E-state index is 0.311. The number of fused-ring (bicyclic) bond motifs is 1. The second-order valence-corrected chi connectivity index (χ2v) is 6.22. The quantitative estimate of drug-likeness (QED) is 0.513. The molecule has 0 atom stereocenters. The van der Waals surface area contributed by atoms with Crippen molar-refractivity contribution >= 4 is 57.9 Å². The number of aromatic nitrogens is 2. The van der Waals surface area contributed by atoms with Gasteiger partial charge in [0.15, 0.2) is 6.61 Å². The number of para-hydroxylation sites is 2. The summed E-state index contributed by atoms with van der Waals surface area (Å²) < 4.78 is 4.89. The summed E-state index contributed by atoms with van der Waals surface area (Å²) in [6, 6.07) is 12.0. The summed E-state index contributed by atoms with van der Waals surface area (Å²) in [5, 5.41) is 3.24. The number of esters is 1. The van der Waals surface area contributed by atoms with Crippen LogP contribution in [0.25, 0.3) is 17.1 Å². The third-order valence-electron chi connectivity index (χ3n) is 3.41. The zero-order valence-corrected chi connectivity index (χ0v) is 15.4. The molecule has 2 aromatic carbocycles. The average Bonchev–Trinajstić information content (AvgIpc) is 2.67. The first kappa shape index (κ1) is 18.8. The third kappa shape index (κ3) is 5.26. The highest BCUT2D eigenvalue weighted by atomic mass is 35.5. The highest BCUT2D eigenvalue weighted by molar-refractivity contribution is 6.42. The highest BCUT2D eigenvalue weighted by Gasteiger charge is 2.07. The first-order valence-electron chi connectivity index (χ1n) is 7.83. The molecule has 0 aliphatic rings. The van der Waals surface area contributed by atoms with Gasteiger partial charge in [-0.15, -0.1) is 0 Å². The molecule has 8 heteroatoms. The molecule has 0 radical (unpaired) electrons. The molecule has 6 nitrogen and oxygen atoms in total. The van der Waals surface area contributed by atoms with Crippen molar-refractivity contribution in [3.63, 3.8) is 0 Å². The number of hydrogen-bond donors (Lipinski definition) is 1. The van der Waals surface area contributed by atoms with Crippen molar-refractivity contribution in [1.29, 1.82) is 0 Å². The van der Waals surface area contributed by atoms with Crippen LogP contribution in [0, 0.1) is 0 Å². The normalized spacial score (nSPS) is 10.9. The monoisotopic (exact) mass is 401 g/mol. The molecular weight excluding hydrogens is 389 g/mol. The van der Waals surface area contributed by atoms with E-state index in [0.29, 0.717) is 26.9 Å². The maximum absolute atomic E-state index is 11.8. The van der Waals surface area contributed by atoms with Gasteiger partial charge in [-0.3, -0.25) is 9.78 Å². The SMILES string of the molecule is O=C(COC(=O)C=Cc1cnc2ccccc2n1)Nc1ccc(Cl)c(Cl)c1. The summed E-state index contributed by atoms with van der Waals surface area (Å²) in [4.78, 5) is 32.2. The molecule has 0 aliphatic carbocycles. The van der Waals surface area contributed by atoms with Gasteiger partial charge >= 0.3 is 5.97 Å². The minimum atomic E-state index is -0.672. The number of anilines is 1. The van der Waals surface area contributed by atoms with Crippen LogP contribution in [0.3, 0.4) is 0 Å². The van der Waals surface area contributed by atoms with Crippen LogP contribution in [0.15, 0.2) is 54.7 Å². The predicted octanol–water partition coefficient (Wildman–Crippen LogP) is 4.13. The predicted molar refractivity (Wildman–Crippen MR) is 105 cm³/mol. The molecule has 0 bridgehead atoms. The number of benzene rings is 2. The maximum Gasteiger partial charge on any atom is 0.331 e. The lowest BCUT2D eigenvalue weighted by Crippen LogP contribution is -2.20. The molecule has 0 spiro atoms. The molecule has 136 valence electrons. The minimum Gasteiger partial charge on any atom is -0.452 e. The maximum atomic E-state index is 11.8. The Labute approximate surface area is 164 Å². The second-order valence-electron chi connectivity index (χ2n) is 5.40. The fourth-order valence-corrected chi connectivity index (χ4v) is 2.46. The number of nitrogens with one attached hydrogen (secondary N) is 1. The largest absolute Gasteiger partial charge is 0.452 e. The van der Waals surface area contributed by atoms with Crippen molar-refractivity contribution in [2.24, 2.45) is 0 Å². The zero-order chi connectivity index (χ0) is 19.2. The molecule has 0 fully saturated rings. The molecule has 0 unspecified atom stereocenters. The lowest BCUT2D eigenvalue weighted by atomic mass is 10.3. The molecule has 0 saturated heterocycles. The zero-order valence-electron chi connectivity index (χ0n) is 13.9. The summed E-state index contributed by atoms with van der Waals surface area (Å²) in [5.74, 6) is -1.17. The summed E-state index contributed by atoms with van der Waals surface area (Å²) >= 11 is 11.7. The third-order valence-corrected chi connectivity index (χ3v) is 4.15. The van der Waals surface area contributed by atoms with Gasteiger partial charge in [-0.25, -0.2) is 9.78 Å². The molecule has 1 N–H and O–H groups in total. The van der Waals surface area contributed by atoms with Crippen LogP contribution < -0.4 is 5.32 Å². The average molecular weight is 402 g/mol. The van der Waals surface area contributed by atoms with E-state index >= 15 is 0 Å². The molecule has 0 saturated carbocycles. The van der Waals surface area contributed by atoms with Gasteiger partial charge in [0, 0.05) is 11.8 Å². The van der Waals surface area contributed by atoms with E-state index in [1.807, 2.05) is 24.3 Å². The molecule has 1 heterocycles. The first-order chi connectivity index (χ1) is 13.0. The van der Waals surface area contributed by atoms with Gasteiger partial charge in [-0.1, -0.05) is 35.3 Å². The van der Waals surface area contributed by atoms with E-state index in [2.05, 4.69) is 15.3 Å². The Bertz CT molecular complexity index is 1040. The molecule has 0 aliphatic heterocycles. The van der Waals surface area contributed by atoms with Crippen LogP contribution in [0.4, 0.5) is 5.69 Å². The van der Waals surface area contributed by atoms with Crippen molar-refractivity contribution in [3.8, 4) is 0 Å². The standard InChI is InChI=1S/C19H13Cl2N3O3/c20-14-7-5-12(9-15(14)21)24-18(25)11-27-19(26)8-6-13-10-22-16-3-1-2-4-17(16)23-13/h1-10H,11H2,(H,24,25). The summed E-state index contributed by atoms with van der Waals surface area (Å²) in [7, 11) is 0. The molecule has 27 heavy (non-hydrogen) atoms. The number of rotatable bonds is 5. The summed E-state index contributed by atoms with van der Waals surface area (Å²) in [5.41, 5.74) is 2.43. The van der Waals surface area contributed by atoms with E-state index in [9.17, 15) is 9.59 Å². The molecule has 1 amide bonds. The highest BCUT2D eigenvalue weighted by Crippen LogP contribution is 2.24. The van der Waals surface area contributed by atoms with E-state index in [0.717, 1.165) is 5.52 Å². The lowest BCUT2D eigenvalue weighted by molar-refractivity contribution is -0.142. The van der Waals surface area contributed by atoms with Crippen LogP contribution in [0.2, 0.25) is 10.0 Å². The Morgan fingerprint density at radius 2 is 1.85 bits per heavy atom. The molecular formula is C19H13Cl2N3O3. The van der Waals surface area contributed by atoms with Gasteiger partial charge in [0.1, 0.15) is 0 Å². The van der Waals surface area contributed by atoms with E-state index in [4.69, 9.17) is 27.9 Å². The number of amides is 1. The summed E-state index contributed by atoms with van der Waals surface area (Å²) in [6.45, 7) is -0.438. The number of carbonyl (C=O) groups excluding carboxylic acids is 2. The van der Waals surface area contributed by atoms with Crippen LogP contribution in [-0.2, 0) is 14.3 Å². The summed E-state index contributed by atoms with van der Waals surface area (Å²) in [6.07, 6.45) is 4.20. The molecule has 1 aromatic heterocycles. The topological polar surface area (TPSA) is 81.2 Å². The van der Waals surface area contributed by atoms with Gasteiger partial charge in [-0.2, -0.15) is 0 Å². The Kier molecular flexibility index (Phi) is 6.01. The Morgan fingerprint density at radius 3 is 2.63 bits per heavy atom. The molecule has 3 rings (SSSR count). The van der Waals surface area contributed by atoms with Gasteiger partial charge in [-0.05, 0) is 36.4 Å². The van der Waals surface area contributed by atoms with Crippen LogP contribution in [-0.4, -0.2) is 28.5 Å². The number of halogens is 2. The fourth-order valence-electron chi connectivity index (χ4n) is 2.16. The van der Waals surface area contributed by atoms with Crippen molar-refractivity contribution in [2.45, 2.75) is 0 Å². The van der Waals surface area contributed by atoms with E-state index in [-0.39, 0.29) is 0 Å². The fraction of sp³-hybridized carbons (Fsp3) is 0.0526. The van der Waals surface area contributed by atoms with E-state index in [1.165, 1.54) is 18.2 Å².